The smallest absolute Gasteiger partial charge is 0.230 e. The Morgan fingerprint density at radius 3 is 2.56 bits per heavy atom. The van der Waals surface area contributed by atoms with Crippen molar-refractivity contribution in [1.82, 2.24) is 4.90 Å². The summed E-state index contributed by atoms with van der Waals surface area (Å²) >= 11 is 0. The lowest BCUT2D eigenvalue weighted by Crippen LogP contribution is -2.52. The Morgan fingerprint density at radius 1 is 1.50 bits per heavy atom. The van der Waals surface area contributed by atoms with Crippen LogP contribution < -0.4 is 5.73 Å². The molecular formula is C13H26N2O. The minimum absolute atomic E-state index is 0.247. The van der Waals surface area contributed by atoms with E-state index in [1.165, 1.54) is 0 Å². The highest BCUT2D eigenvalue weighted by molar-refractivity contribution is 5.83. The van der Waals surface area contributed by atoms with Crippen LogP contribution in [-0.4, -0.2) is 29.9 Å². The molecule has 0 radical (unpaired) electrons. The topological polar surface area (TPSA) is 46.3 Å². The number of carbonyl (C=O) groups is 1. The van der Waals surface area contributed by atoms with E-state index >= 15 is 0 Å². The van der Waals surface area contributed by atoms with E-state index in [0.717, 1.165) is 31.7 Å². The minimum atomic E-state index is -0.366. The summed E-state index contributed by atoms with van der Waals surface area (Å²) in [4.78, 5) is 14.5. The zero-order valence-corrected chi connectivity index (χ0v) is 11.1. The maximum Gasteiger partial charge on any atom is 0.230 e. The van der Waals surface area contributed by atoms with E-state index in [0.29, 0.717) is 12.6 Å². The average Bonchev–Trinajstić information content (AvgIpc) is 2.27. The van der Waals surface area contributed by atoms with Crippen molar-refractivity contribution in [2.75, 3.05) is 13.1 Å². The fraction of sp³-hybridized carbons (Fsp3) is 0.923. The molecule has 3 heteroatoms. The molecule has 0 aromatic heterocycles. The second-order valence-corrected chi connectivity index (χ2v) is 5.60. The second kappa shape index (κ2) is 5.17. The highest BCUT2D eigenvalue weighted by atomic mass is 16.2. The highest BCUT2D eigenvalue weighted by Crippen LogP contribution is 2.29. The van der Waals surface area contributed by atoms with E-state index in [2.05, 4.69) is 13.8 Å². The highest BCUT2D eigenvalue weighted by Gasteiger charge is 2.37. The van der Waals surface area contributed by atoms with Crippen molar-refractivity contribution < 1.29 is 4.79 Å². The molecule has 16 heavy (non-hydrogen) atoms. The van der Waals surface area contributed by atoms with Crippen molar-refractivity contribution in [2.45, 2.75) is 53.0 Å². The third kappa shape index (κ3) is 2.57. The van der Waals surface area contributed by atoms with Gasteiger partial charge in [0.1, 0.15) is 0 Å². The maximum absolute atomic E-state index is 12.4. The normalized spacial score (nSPS) is 29.9. The van der Waals surface area contributed by atoms with Gasteiger partial charge in [0.25, 0.3) is 0 Å². The zero-order valence-electron chi connectivity index (χ0n) is 11.1. The van der Waals surface area contributed by atoms with Gasteiger partial charge in [-0.1, -0.05) is 13.8 Å². The number of likely N-dealkylation sites (tertiary alicyclic amines) is 1. The van der Waals surface area contributed by atoms with Gasteiger partial charge in [-0.15, -0.1) is 0 Å². The molecule has 0 aliphatic carbocycles. The Morgan fingerprint density at radius 2 is 2.12 bits per heavy atom. The lowest BCUT2D eigenvalue weighted by Gasteiger charge is -2.41. The third-order valence-corrected chi connectivity index (χ3v) is 4.15. The Balaban J connectivity index is 2.73. The Bertz CT molecular complexity index is 248. The molecule has 0 aromatic carbocycles. The van der Waals surface area contributed by atoms with Crippen molar-refractivity contribution >= 4 is 5.91 Å². The summed E-state index contributed by atoms with van der Waals surface area (Å²) in [6, 6.07) is 0.369. The van der Waals surface area contributed by atoms with Gasteiger partial charge in [-0.05, 0) is 39.0 Å². The quantitative estimate of drug-likeness (QED) is 0.800. The fourth-order valence-electron chi connectivity index (χ4n) is 2.44. The van der Waals surface area contributed by atoms with E-state index in [4.69, 9.17) is 5.73 Å². The SMILES string of the molecule is CCC(C)(CN)C(=O)N1CCC(C)CC1C. The number of carbonyl (C=O) groups excluding carboxylic acids is 1. The van der Waals surface area contributed by atoms with Crippen LogP contribution in [0.5, 0.6) is 0 Å². The Labute approximate surface area is 99.4 Å². The first-order chi connectivity index (χ1) is 7.44. The van der Waals surface area contributed by atoms with Crippen LogP contribution in [0.2, 0.25) is 0 Å². The summed E-state index contributed by atoms with van der Waals surface area (Å²) in [5.41, 5.74) is 5.38. The lowest BCUT2D eigenvalue weighted by atomic mass is 9.83. The van der Waals surface area contributed by atoms with Crippen LogP contribution >= 0.6 is 0 Å². The minimum Gasteiger partial charge on any atom is -0.339 e. The van der Waals surface area contributed by atoms with Crippen molar-refractivity contribution in [2.24, 2.45) is 17.1 Å². The molecule has 0 saturated carbocycles. The molecule has 3 atom stereocenters. The Kier molecular flexibility index (Phi) is 4.36. The van der Waals surface area contributed by atoms with Crippen molar-refractivity contribution in [3.8, 4) is 0 Å². The number of hydrogen-bond donors (Lipinski definition) is 1. The largest absolute Gasteiger partial charge is 0.339 e. The van der Waals surface area contributed by atoms with Crippen LogP contribution in [0.4, 0.5) is 0 Å². The second-order valence-electron chi connectivity index (χ2n) is 5.60. The van der Waals surface area contributed by atoms with Crippen LogP contribution in [0.1, 0.15) is 47.0 Å². The first-order valence-corrected chi connectivity index (χ1v) is 6.45. The first-order valence-electron chi connectivity index (χ1n) is 6.45. The van der Waals surface area contributed by atoms with Crippen LogP contribution in [0.25, 0.3) is 0 Å². The number of hydrogen-bond acceptors (Lipinski definition) is 2. The van der Waals surface area contributed by atoms with E-state index in [1.807, 2.05) is 18.7 Å². The molecule has 1 rings (SSSR count). The molecule has 0 bridgehead atoms. The predicted octanol–water partition coefficient (Wildman–Crippen LogP) is 2.01. The van der Waals surface area contributed by atoms with Gasteiger partial charge in [0.2, 0.25) is 5.91 Å². The molecule has 1 saturated heterocycles. The molecule has 1 aliphatic heterocycles. The zero-order chi connectivity index (χ0) is 12.3. The van der Waals surface area contributed by atoms with Crippen LogP contribution in [0.15, 0.2) is 0 Å². The Hall–Kier alpha value is -0.570. The molecule has 1 fully saturated rings. The van der Waals surface area contributed by atoms with Crippen LogP contribution in [0, 0.1) is 11.3 Å². The lowest BCUT2D eigenvalue weighted by molar-refractivity contribution is -0.145. The summed E-state index contributed by atoms with van der Waals surface area (Å²) in [5, 5.41) is 0. The van der Waals surface area contributed by atoms with Gasteiger partial charge in [-0.2, -0.15) is 0 Å². The van der Waals surface area contributed by atoms with Crippen molar-refractivity contribution in [3.63, 3.8) is 0 Å². The molecule has 2 N–H and O–H groups in total. The molecule has 3 nitrogen and oxygen atoms in total. The first kappa shape index (κ1) is 13.5. The van der Waals surface area contributed by atoms with E-state index in [-0.39, 0.29) is 11.3 Å². The van der Waals surface area contributed by atoms with Gasteiger partial charge >= 0.3 is 0 Å². The monoisotopic (exact) mass is 226 g/mol. The fourth-order valence-corrected chi connectivity index (χ4v) is 2.44. The average molecular weight is 226 g/mol. The van der Waals surface area contributed by atoms with Crippen LogP contribution in [-0.2, 0) is 4.79 Å². The summed E-state index contributed by atoms with van der Waals surface area (Å²) < 4.78 is 0. The molecule has 3 unspecified atom stereocenters. The van der Waals surface area contributed by atoms with Gasteiger partial charge in [0.15, 0.2) is 0 Å². The molecule has 1 heterocycles. The summed E-state index contributed by atoms with van der Waals surface area (Å²) in [7, 11) is 0. The van der Waals surface area contributed by atoms with Crippen molar-refractivity contribution in [3.05, 3.63) is 0 Å². The molecule has 94 valence electrons. The van der Waals surface area contributed by atoms with Gasteiger partial charge < -0.3 is 10.6 Å². The third-order valence-electron chi connectivity index (χ3n) is 4.15. The summed E-state index contributed by atoms with van der Waals surface area (Å²) in [5.74, 6) is 0.988. The number of piperidine rings is 1. The van der Waals surface area contributed by atoms with E-state index in [1.54, 1.807) is 0 Å². The molecule has 0 aromatic rings. The van der Waals surface area contributed by atoms with Gasteiger partial charge in [0.05, 0.1) is 5.41 Å². The molecule has 1 amide bonds. The summed E-state index contributed by atoms with van der Waals surface area (Å²) in [6.45, 7) is 9.79. The molecule has 1 aliphatic rings. The van der Waals surface area contributed by atoms with E-state index in [9.17, 15) is 4.79 Å². The number of nitrogens with zero attached hydrogens (tertiary/aromatic N) is 1. The molecular weight excluding hydrogens is 200 g/mol. The maximum atomic E-state index is 12.4. The van der Waals surface area contributed by atoms with E-state index < -0.39 is 0 Å². The summed E-state index contributed by atoms with van der Waals surface area (Å²) in [6.07, 6.45) is 3.07. The number of amides is 1. The number of nitrogens with two attached hydrogens (primary N) is 1. The van der Waals surface area contributed by atoms with Gasteiger partial charge in [-0.3, -0.25) is 4.79 Å². The molecule has 0 spiro atoms. The van der Waals surface area contributed by atoms with Crippen molar-refractivity contribution in [1.29, 1.82) is 0 Å². The van der Waals surface area contributed by atoms with Crippen LogP contribution in [0.3, 0.4) is 0 Å². The van der Waals surface area contributed by atoms with Gasteiger partial charge in [-0.25, -0.2) is 0 Å². The number of rotatable bonds is 3. The predicted molar refractivity (Wildman–Crippen MR) is 67.0 cm³/mol. The standard InChI is InChI=1S/C13H26N2O/c1-5-13(4,9-14)12(16)15-7-6-10(2)8-11(15)3/h10-11H,5-9,14H2,1-4H3. The van der Waals surface area contributed by atoms with Gasteiger partial charge in [0, 0.05) is 19.1 Å².